The van der Waals surface area contributed by atoms with Crippen LogP contribution in [0.2, 0.25) is 0 Å². The average molecular weight is 287 g/mol. The summed E-state index contributed by atoms with van der Waals surface area (Å²) in [5.74, 6) is -0.153. The minimum Gasteiger partial charge on any atom is -0.480 e. The number of sulfone groups is 1. The molecule has 0 heterocycles. The van der Waals surface area contributed by atoms with Crippen molar-refractivity contribution in [3.05, 3.63) is 24.3 Å². The van der Waals surface area contributed by atoms with E-state index in [1.54, 1.807) is 24.3 Å². The molecule has 0 bridgehead atoms. The van der Waals surface area contributed by atoms with Crippen LogP contribution < -0.4 is 10.5 Å². The van der Waals surface area contributed by atoms with Gasteiger partial charge in [-0.3, -0.25) is 0 Å². The first-order valence-electron chi connectivity index (χ1n) is 5.69. The van der Waals surface area contributed by atoms with Crippen molar-refractivity contribution in [2.24, 2.45) is 0 Å². The molecule has 1 aromatic rings. The third-order valence-electron chi connectivity index (χ3n) is 2.19. The lowest BCUT2D eigenvalue weighted by Gasteiger charge is -2.08. The Kier molecular flexibility index (Phi) is 5.62. The summed E-state index contributed by atoms with van der Waals surface area (Å²) in [7, 11) is -3.02. The van der Waals surface area contributed by atoms with Crippen LogP contribution in [0.4, 0.5) is 5.69 Å². The maximum absolute atomic E-state index is 11.3. The molecule has 0 fully saturated rings. The van der Waals surface area contributed by atoms with Gasteiger partial charge >= 0.3 is 5.97 Å². The Morgan fingerprint density at radius 3 is 2.63 bits per heavy atom. The van der Waals surface area contributed by atoms with Crippen molar-refractivity contribution < 1.29 is 22.7 Å². The van der Waals surface area contributed by atoms with Gasteiger partial charge in [-0.1, -0.05) is 12.1 Å². The number of anilines is 1. The van der Waals surface area contributed by atoms with Gasteiger partial charge in [-0.2, -0.15) is 0 Å². The molecule has 106 valence electrons. The lowest BCUT2D eigenvalue weighted by atomic mass is 10.3. The second-order valence-electron chi connectivity index (χ2n) is 4.03. The smallest absolute Gasteiger partial charge is 0.344 e. The molecule has 0 saturated heterocycles. The van der Waals surface area contributed by atoms with Crippen LogP contribution in [0, 0.1) is 0 Å². The summed E-state index contributed by atoms with van der Waals surface area (Å²) in [6.07, 6.45) is 1.41. The summed E-state index contributed by atoms with van der Waals surface area (Å²) in [5, 5.41) is 0. The number of nitrogen functional groups attached to an aromatic ring is 1. The minimum atomic E-state index is -3.02. The molecule has 1 rings (SSSR count). The van der Waals surface area contributed by atoms with Crippen molar-refractivity contribution in [1.29, 1.82) is 0 Å². The zero-order valence-corrected chi connectivity index (χ0v) is 11.5. The van der Waals surface area contributed by atoms with Gasteiger partial charge in [0.15, 0.2) is 6.61 Å². The van der Waals surface area contributed by atoms with E-state index in [0.717, 1.165) is 6.26 Å². The number of rotatable bonds is 7. The SMILES string of the molecule is CS(=O)(=O)CCCOC(=O)COc1ccccc1N. The molecule has 0 aliphatic carbocycles. The Bertz CT molecular complexity index is 527. The highest BCUT2D eigenvalue weighted by Gasteiger charge is 2.07. The molecule has 6 nitrogen and oxygen atoms in total. The average Bonchev–Trinajstić information content (AvgIpc) is 2.32. The van der Waals surface area contributed by atoms with E-state index in [1.807, 2.05) is 0 Å². The topological polar surface area (TPSA) is 95.7 Å². The van der Waals surface area contributed by atoms with E-state index in [2.05, 4.69) is 0 Å². The molecule has 0 unspecified atom stereocenters. The first-order valence-corrected chi connectivity index (χ1v) is 7.75. The third kappa shape index (κ3) is 6.66. The van der Waals surface area contributed by atoms with Crippen LogP contribution in [0.1, 0.15) is 6.42 Å². The third-order valence-corrected chi connectivity index (χ3v) is 3.22. The highest BCUT2D eigenvalue weighted by atomic mass is 32.2. The first kappa shape index (κ1) is 15.3. The molecule has 0 radical (unpaired) electrons. The number of carbonyl (C=O) groups is 1. The van der Waals surface area contributed by atoms with Crippen LogP contribution in [-0.4, -0.2) is 39.6 Å². The Hall–Kier alpha value is -1.76. The number of ether oxygens (including phenoxy) is 2. The molecule has 0 spiro atoms. The molecular formula is C12H17NO5S. The van der Waals surface area contributed by atoms with Gasteiger partial charge in [0, 0.05) is 6.26 Å². The summed E-state index contributed by atoms with van der Waals surface area (Å²) in [5.41, 5.74) is 6.07. The second-order valence-corrected chi connectivity index (χ2v) is 6.29. The molecule has 0 aliphatic heterocycles. The summed E-state index contributed by atoms with van der Waals surface area (Å²) in [4.78, 5) is 11.3. The fraction of sp³-hybridized carbons (Fsp3) is 0.417. The first-order chi connectivity index (χ1) is 8.88. The predicted octanol–water partition coefficient (Wildman–Crippen LogP) is 0.625. The Morgan fingerprint density at radius 1 is 1.32 bits per heavy atom. The largest absolute Gasteiger partial charge is 0.480 e. The summed E-state index contributed by atoms with van der Waals surface area (Å²) in [6, 6.07) is 6.80. The maximum Gasteiger partial charge on any atom is 0.344 e. The van der Waals surface area contributed by atoms with Gasteiger partial charge in [0.05, 0.1) is 18.0 Å². The Morgan fingerprint density at radius 2 is 2.00 bits per heavy atom. The lowest BCUT2D eigenvalue weighted by molar-refractivity contribution is -0.145. The van der Waals surface area contributed by atoms with Gasteiger partial charge in [0.2, 0.25) is 0 Å². The van der Waals surface area contributed by atoms with Gasteiger partial charge in [0.25, 0.3) is 0 Å². The monoisotopic (exact) mass is 287 g/mol. The van der Waals surface area contributed by atoms with Crippen molar-refractivity contribution in [3.63, 3.8) is 0 Å². The lowest BCUT2D eigenvalue weighted by Crippen LogP contribution is -2.17. The van der Waals surface area contributed by atoms with E-state index in [-0.39, 0.29) is 25.4 Å². The fourth-order valence-electron chi connectivity index (χ4n) is 1.30. The van der Waals surface area contributed by atoms with Gasteiger partial charge < -0.3 is 15.2 Å². The molecule has 1 aromatic carbocycles. The van der Waals surface area contributed by atoms with Crippen molar-refractivity contribution >= 4 is 21.5 Å². The van der Waals surface area contributed by atoms with Crippen molar-refractivity contribution in [2.75, 3.05) is 31.0 Å². The van der Waals surface area contributed by atoms with Gasteiger partial charge in [-0.05, 0) is 18.6 Å². The van der Waals surface area contributed by atoms with Crippen molar-refractivity contribution in [3.8, 4) is 5.75 Å². The second kappa shape index (κ2) is 6.98. The van der Waals surface area contributed by atoms with E-state index in [1.165, 1.54) is 0 Å². The van der Waals surface area contributed by atoms with Crippen molar-refractivity contribution in [2.45, 2.75) is 6.42 Å². The van der Waals surface area contributed by atoms with Crippen molar-refractivity contribution in [1.82, 2.24) is 0 Å². The molecule has 0 aliphatic rings. The molecule has 19 heavy (non-hydrogen) atoms. The van der Waals surface area contributed by atoms with E-state index >= 15 is 0 Å². The number of carbonyl (C=O) groups excluding carboxylic acids is 1. The molecule has 0 saturated carbocycles. The van der Waals surface area contributed by atoms with Crippen LogP contribution in [0.3, 0.4) is 0 Å². The number of hydrogen-bond acceptors (Lipinski definition) is 6. The number of nitrogens with two attached hydrogens (primary N) is 1. The number of para-hydroxylation sites is 2. The quantitative estimate of drug-likeness (QED) is 0.449. The molecule has 0 aromatic heterocycles. The van der Waals surface area contributed by atoms with E-state index in [4.69, 9.17) is 15.2 Å². The van der Waals surface area contributed by atoms with Crippen LogP contribution >= 0.6 is 0 Å². The van der Waals surface area contributed by atoms with E-state index in [9.17, 15) is 13.2 Å². The standard InChI is InChI=1S/C12H17NO5S/c1-19(15,16)8-4-7-17-12(14)9-18-11-6-3-2-5-10(11)13/h2-3,5-6H,4,7-9,13H2,1H3. The molecule has 0 atom stereocenters. The molecule has 0 amide bonds. The van der Waals surface area contributed by atoms with E-state index in [0.29, 0.717) is 11.4 Å². The highest BCUT2D eigenvalue weighted by molar-refractivity contribution is 7.90. The van der Waals surface area contributed by atoms with Gasteiger partial charge in [0.1, 0.15) is 15.6 Å². The number of esters is 1. The summed E-state index contributed by atoms with van der Waals surface area (Å²) >= 11 is 0. The highest BCUT2D eigenvalue weighted by Crippen LogP contribution is 2.19. The summed E-state index contributed by atoms with van der Waals surface area (Å²) < 4.78 is 31.7. The van der Waals surface area contributed by atoms with Gasteiger partial charge in [-0.25, -0.2) is 13.2 Å². The normalized spacial score (nSPS) is 11.0. The van der Waals surface area contributed by atoms with Crippen LogP contribution in [-0.2, 0) is 19.4 Å². The molecule has 7 heteroatoms. The summed E-state index contributed by atoms with van der Waals surface area (Å²) in [6.45, 7) is -0.202. The zero-order valence-electron chi connectivity index (χ0n) is 10.7. The van der Waals surface area contributed by atoms with Crippen LogP contribution in [0.25, 0.3) is 0 Å². The molecule has 2 N–H and O–H groups in total. The Balaban J connectivity index is 2.24. The number of benzene rings is 1. The van der Waals surface area contributed by atoms with Crippen LogP contribution in [0.15, 0.2) is 24.3 Å². The zero-order chi connectivity index (χ0) is 14.3. The Labute approximate surface area is 112 Å². The van der Waals surface area contributed by atoms with Gasteiger partial charge in [-0.15, -0.1) is 0 Å². The van der Waals surface area contributed by atoms with E-state index < -0.39 is 15.8 Å². The predicted molar refractivity (Wildman–Crippen MR) is 71.6 cm³/mol. The maximum atomic E-state index is 11.3. The molecular weight excluding hydrogens is 270 g/mol. The number of hydrogen-bond donors (Lipinski definition) is 1. The minimum absolute atomic E-state index is 0.00717. The van der Waals surface area contributed by atoms with Crippen LogP contribution in [0.5, 0.6) is 5.75 Å². The fourth-order valence-corrected chi connectivity index (χ4v) is 1.94.